The van der Waals surface area contributed by atoms with E-state index < -0.39 is 22.0 Å². The maximum absolute atomic E-state index is 12.1. The second-order valence-electron chi connectivity index (χ2n) is 4.12. The van der Waals surface area contributed by atoms with E-state index in [4.69, 9.17) is 0 Å². The van der Waals surface area contributed by atoms with Crippen LogP contribution in [0.2, 0.25) is 0 Å². The molecule has 0 aliphatic carbocycles. The lowest BCUT2D eigenvalue weighted by molar-refractivity contribution is -0.142. The number of benzene rings is 1. The Bertz CT molecular complexity index is 728. The van der Waals surface area contributed by atoms with Gasteiger partial charge in [0.1, 0.15) is 6.04 Å². The number of hydrogen-bond acceptors (Lipinski definition) is 7. The van der Waals surface area contributed by atoms with Crippen molar-refractivity contribution >= 4 is 27.5 Å². The van der Waals surface area contributed by atoms with Gasteiger partial charge in [-0.15, -0.1) is 0 Å². The van der Waals surface area contributed by atoms with Crippen LogP contribution >= 0.6 is 11.5 Å². The number of rotatable bonds is 5. The van der Waals surface area contributed by atoms with E-state index in [2.05, 4.69) is 18.8 Å². The quantitative estimate of drug-likeness (QED) is 0.824. The maximum Gasteiger partial charge on any atom is 0.323 e. The summed E-state index contributed by atoms with van der Waals surface area (Å²) in [6, 6.07) is 8.02. The van der Waals surface area contributed by atoms with E-state index in [1.54, 1.807) is 12.1 Å². The first-order chi connectivity index (χ1) is 9.94. The molecule has 0 aliphatic rings. The maximum atomic E-state index is 12.1. The molecular formula is C12H13N3O4S2. The van der Waals surface area contributed by atoms with E-state index in [0.717, 1.165) is 17.1 Å². The van der Waals surface area contributed by atoms with Gasteiger partial charge in [0, 0.05) is 5.56 Å². The van der Waals surface area contributed by atoms with E-state index in [-0.39, 0.29) is 4.34 Å². The van der Waals surface area contributed by atoms with Crippen molar-refractivity contribution in [1.82, 2.24) is 14.1 Å². The molecule has 1 atom stereocenters. The van der Waals surface area contributed by atoms with Crippen LogP contribution < -0.4 is 4.72 Å². The molecule has 7 nitrogen and oxygen atoms in total. The zero-order chi connectivity index (χ0) is 15.5. The van der Waals surface area contributed by atoms with Crippen molar-refractivity contribution in [2.24, 2.45) is 0 Å². The Labute approximate surface area is 126 Å². The monoisotopic (exact) mass is 327 g/mol. The molecule has 0 unspecified atom stereocenters. The smallest absolute Gasteiger partial charge is 0.323 e. The molecule has 1 heterocycles. The van der Waals surface area contributed by atoms with Crippen LogP contribution in [0, 0.1) is 0 Å². The molecule has 0 saturated heterocycles. The summed E-state index contributed by atoms with van der Waals surface area (Å²) < 4.78 is 34.7. The van der Waals surface area contributed by atoms with Crippen LogP contribution in [0.3, 0.4) is 0 Å². The van der Waals surface area contributed by atoms with Crippen LogP contribution in [-0.2, 0) is 19.6 Å². The van der Waals surface area contributed by atoms with Crippen molar-refractivity contribution < 1.29 is 17.9 Å². The summed E-state index contributed by atoms with van der Waals surface area (Å²) in [6.07, 6.45) is 0. The lowest BCUT2D eigenvalue weighted by atomic mass is 10.2. The van der Waals surface area contributed by atoms with Crippen molar-refractivity contribution in [2.75, 3.05) is 7.11 Å². The highest BCUT2D eigenvalue weighted by Gasteiger charge is 2.26. The molecule has 9 heteroatoms. The van der Waals surface area contributed by atoms with Crippen LogP contribution in [-0.4, -0.2) is 36.9 Å². The second kappa shape index (κ2) is 6.29. The van der Waals surface area contributed by atoms with Gasteiger partial charge < -0.3 is 4.74 Å². The number of nitrogens with zero attached hydrogens (tertiary/aromatic N) is 2. The number of methoxy groups -OCH3 is 1. The van der Waals surface area contributed by atoms with Gasteiger partial charge in [0.15, 0.2) is 5.82 Å². The molecule has 1 aromatic carbocycles. The Kier molecular flexibility index (Phi) is 4.66. The average Bonchev–Trinajstić information content (AvgIpc) is 2.97. The van der Waals surface area contributed by atoms with Gasteiger partial charge in [0.2, 0.25) is 4.34 Å². The molecular weight excluding hydrogens is 314 g/mol. The summed E-state index contributed by atoms with van der Waals surface area (Å²) in [6.45, 7) is 1.39. The minimum Gasteiger partial charge on any atom is -0.468 e. The normalized spacial score (nSPS) is 12.9. The Morgan fingerprint density at radius 1 is 1.33 bits per heavy atom. The number of carbonyl (C=O) groups excluding carboxylic acids is 1. The number of aromatic nitrogens is 2. The third-order valence-corrected chi connectivity index (χ3v) is 5.16. The lowest BCUT2D eigenvalue weighted by Gasteiger charge is -2.09. The number of nitrogens with one attached hydrogen (secondary N) is 1. The molecule has 112 valence electrons. The summed E-state index contributed by atoms with van der Waals surface area (Å²) >= 11 is 0.749. The number of ether oxygens (including phenoxy) is 1. The number of sulfonamides is 1. The summed E-state index contributed by atoms with van der Waals surface area (Å²) in [5.41, 5.74) is 0.719. The van der Waals surface area contributed by atoms with Crippen LogP contribution in [0.5, 0.6) is 0 Å². The minimum absolute atomic E-state index is 0.197. The minimum atomic E-state index is -3.91. The van der Waals surface area contributed by atoms with E-state index >= 15 is 0 Å². The predicted octanol–water partition coefficient (Wildman–Crippen LogP) is 1.04. The van der Waals surface area contributed by atoms with Gasteiger partial charge in [0.25, 0.3) is 10.0 Å². The summed E-state index contributed by atoms with van der Waals surface area (Å²) in [7, 11) is -2.72. The number of carbonyl (C=O) groups is 1. The Hall–Kier alpha value is -1.84. The molecule has 0 aliphatic heterocycles. The highest BCUT2D eigenvalue weighted by atomic mass is 32.2. The standard InChI is InChI=1S/C12H13N3O4S2/c1-8(11(16)19-2)15-21(17,18)12-13-10(14-20-12)9-6-4-3-5-7-9/h3-8,15H,1-2H3/t8-/m0/s1. The Morgan fingerprint density at radius 3 is 2.62 bits per heavy atom. The van der Waals surface area contributed by atoms with Gasteiger partial charge in [-0.05, 0) is 18.5 Å². The highest BCUT2D eigenvalue weighted by Crippen LogP contribution is 2.20. The molecule has 1 aromatic heterocycles. The van der Waals surface area contributed by atoms with Crippen molar-refractivity contribution in [1.29, 1.82) is 0 Å². The number of hydrogen-bond donors (Lipinski definition) is 1. The molecule has 0 bridgehead atoms. The topological polar surface area (TPSA) is 98.2 Å². The third-order valence-electron chi connectivity index (χ3n) is 2.56. The van der Waals surface area contributed by atoms with Crippen LogP contribution in [0.1, 0.15) is 6.92 Å². The van der Waals surface area contributed by atoms with E-state index in [0.29, 0.717) is 5.82 Å². The Balaban J connectivity index is 2.22. The molecule has 0 amide bonds. The first-order valence-corrected chi connectivity index (χ1v) is 8.19. The zero-order valence-corrected chi connectivity index (χ0v) is 12.9. The van der Waals surface area contributed by atoms with Gasteiger partial charge in [0.05, 0.1) is 7.11 Å². The van der Waals surface area contributed by atoms with Crippen LogP contribution in [0.4, 0.5) is 0 Å². The van der Waals surface area contributed by atoms with Gasteiger partial charge in [-0.3, -0.25) is 4.79 Å². The van der Waals surface area contributed by atoms with Gasteiger partial charge in [-0.2, -0.15) is 9.10 Å². The van der Waals surface area contributed by atoms with Gasteiger partial charge in [-0.25, -0.2) is 13.4 Å². The molecule has 21 heavy (non-hydrogen) atoms. The van der Waals surface area contributed by atoms with Crippen LogP contribution in [0.15, 0.2) is 34.7 Å². The summed E-state index contributed by atoms with van der Waals surface area (Å²) in [5.74, 6) is -0.349. The largest absolute Gasteiger partial charge is 0.468 e. The van der Waals surface area contributed by atoms with Gasteiger partial charge >= 0.3 is 5.97 Å². The molecule has 2 rings (SSSR count). The van der Waals surface area contributed by atoms with E-state index in [9.17, 15) is 13.2 Å². The fourth-order valence-electron chi connectivity index (χ4n) is 1.53. The fourth-order valence-corrected chi connectivity index (χ4v) is 3.49. The Morgan fingerprint density at radius 2 is 2.00 bits per heavy atom. The van der Waals surface area contributed by atoms with Crippen LogP contribution in [0.25, 0.3) is 11.4 Å². The van der Waals surface area contributed by atoms with Crippen molar-refractivity contribution in [2.45, 2.75) is 17.3 Å². The molecule has 0 saturated carbocycles. The van der Waals surface area contributed by atoms with Gasteiger partial charge in [-0.1, -0.05) is 30.3 Å². The zero-order valence-electron chi connectivity index (χ0n) is 11.3. The first kappa shape index (κ1) is 15.5. The van der Waals surface area contributed by atoms with Crippen molar-refractivity contribution in [3.63, 3.8) is 0 Å². The van der Waals surface area contributed by atoms with Crippen molar-refractivity contribution in [3.8, 4) is 11.4 Å². The van der Waals surface area contributed by atoms with Crippen molar-refractivity contribution in [3.05, 3.63) is 30.3 Å². The van der Waals surface area contributed by atoms with E-state index in [1.165, 1.54) is 14.0 Å². The fraction of sp³-hybridized carbons (Fsp3) is 0.250. The second-order valence-corrected chi connectivity index (χ2v) is 6.76. The predicted molar refractivity (Wildman–Crippen MR) is 77.1 cm³/mol. The molecule has 0 radical (unpaired) electrons. The molecule has 2 aromatic rings. The first-order valence-electron chi connectivity index (χ1n) is 5.93. The summed E-state index contributed by atoms with van der Waals surface area (Å²) in [5, 5.41) is 0. The summed E-state index contributed by atoms with van der Waals surface area (Å²) in [4.78, 5) is 15.3. The highest BCUT2D eigenvalue weighted by molar-refractivity contribution is 7.91. The number of esters is 1. The average molecular weight is 327 g/mol. The lowest BCUT2D eigenvalue weighted by Crippen LogP contribution is -2.39. The molecule has 1 N–H and O–H groups in total. The van der Waals surface area contributed by atoms with E-state index in [1.807, 2.05) is 18.2 Å². The third kappa shape index (κ3) is 3.63. The molecule has 0 spiro atoms. The SMILES string of the molecule is COC(=O)[C@H](C)NS(=O)(=O)c1nc(-c2ccccc2)ns1. The molecule has 0 fully saturated rings.